The van der Waals surface area contributed by atoms with Crippen molar-refractivity contribution in [1.82, 2.24) is 14.7 Å². The summed E-state index contributed by atoms with van der Waals surface area (Å²) in [7, 11) is 3.24. The summed E-state index contributed by atoms with van der Waals surface area (Å²) in [5.41, 5.74) is 2.82. The maximum atomic E-state index is 13.5. The Morgan fingerprint density at radius 1 is 0.933 bits per heavy atom. The average Bonchev–Trinajstić information content (AvgIpc) is 3.06. The Kier molecular flexibility index (Phi) is 6.02. The van der Waals surface area contributed by atoms with Crippen molar-refractivity contribution in [1.29, 1.82) is 0 Å². The number of nitrogens with zero attached hydrogens (tertiary/aromatic N) is 3. The van der Waals surface area contributed by atoms with E-state index in [1.165, 1.54) is 12.8 Å². The smallest absolute Gasteiger partial charge is 0.257 e. The number of likely N-dealkylation sites (tertiary alicyclic amines) is 1. The second kappa shape index (κ2) is 9.03. The van der Waals surface area contributed by atoms with E-state index in [9.17, 15) is 4.79 Å². The van der Waals surface area contributed by atoms with Crippen LogP contribution in [0.5, 0.6) is 11.5 Å². The van der Waals surface area contributed by atoms with Gasteiger partial charge in [-0.25, -0.2) is 4.68 Å². The molecule has 2 aromatic carbocycles. The molecule has 0 unspecified atom stereocenters. The van der Waals surface area contributed by atoms with Gasteiger partial charge in [-0.15, -0.1) is 0 Å². The van der Waals surface area contributed by atoms with E-state index in [1.54, 1.807) is 18.9 Å². The van der Waals surface area contributed by atoms with Crippen molar-refractivity contribution in [2.45, 2.75) is 25.7 Å². The molecular weight excluding hydrogens is 378 g/mol. The largest absolute Gasteiger partial charge is 0.497 e. The first-order valence-electron chi connectivity index (χ1n) is 10.4. The van der Waals surface area contributed by atoms with E-state index >= 15 is 0 Å². The molecule has 2 heterocycles. The summed E-state index contributed by atoms with van der Waals surface area (Å²) in [6, 6.07) is 15.4. The van der Waals surface area contributed by atoms with Crippen LogP contribution in [-0.4, -0.2) is 47.9 Å². The number of hydrogen-bond acceptors (Lipinski definition) is 4. The van der Waals surface area contributed by atoms with E-state index in [0.29, 0.717) is 22.8 Å². The predicted octanol–water partition coefficient (Wildman–Crippen LogP) is 4.57. The number of para-hydroxylation sites is 1. The van der Waals surface area contributed by atoms with Gasteiger partial charge in [0.2, 0.25) is 0 Å². The Bertz CT molecular complexity index is 1010. The highest BCUT2D eigenvalue weighted by molar-refractivity contribution is 6.00. The molecular formula is C24H27N3O3. The molecule has 1 aliphatic rings. The third-order valence-corrected chi connectivity index (χ3v) is 5.52. The highest BCUT2D eigenvalue weighted by Crippen LogP contribution is 2.35. The lowest BCUT2D eigenvalue weighted by atomic mass is 10.1. The first-order chi connectivity index (χ1) is 14.7. The molecule has 0 aliphatic carbocycles. The van der Waals surface area contributed by atoms with Gasteiger partial charge in [-0.1, -0.05) is 31.0 Å². The number of ether oxygens (including phenoxy) is 2. The summed E-state index contributed by atoms with van der Waals surface area (Å²) in [5, 5.41) is 4.81. The molecule has 1 fully saturated rings. The molecule has 3 aromatic rings. The van der Waals surface area contributed by atoms with Gasteiger partial charge < -0.3 is 14.4 Å². The van der Waals surface area contributed by atoms with Crippen molar-refractivity contribution in [2.24, 2.45) is 0 Å². The second-order valence-corrected chi connectivity index (χ2v) is 7.44. The molecule has 0 radical (unpaired) electrons. The van der Waals surface area contributed by atoms with Gasteiger partial charge in [0.1, 0.15) is 17.2 Å². The van der Waals surface area contributed by atoms with Crippen LogP contribution in [0.2, 0.25) is 0 Å². The van der Waals surface area contributed by atoms with Crippen molar-refractivity contribution < 1.29 is 14.3 Å². The summed E-state index contributed by atoms with van der Waals surface area (Å²) in [6.07, 6.45) is 6.25. The van der Waals surface area contributed by atoms with Crippen LogP contribution in [0.1, 0.15) is 36.0 Å². The zero-order chi connectivity index (χ0) is 20.9. The average molecular weight is 405 g/mol. The van der Waals surface area contributed by atoms with Gasteiger partial charge in [-0.3, -0.25) is 4.79 Å². The van der Waals surface area contributed by atoms with Gasteiger partial charge in [0.05, 0.1) is 25.5 Å². The van der Waals surface area contributed by atoms with Crippen LogP contribution in [0.4, 0.5) is 0 Å². The Morgan fingerprint density at radius 3 is 2.33 bits per heavy atom. The summed E-state index contributed by atoms with van der Waals surface area (Å²) in [4.78, 5) is 15.5. The Hall–Kier alpha value is -3.28. The molecule has 0 N–H and O–H groups in total. The maximum Gasteiger partial charge on any atom is 0.257 e. The molecule has 156 valence electrons. The van der Waals surface area contributed by atoms with Crippen LogP contribution in [0, 0.1) is 0 Å². The highest BCUT2D eigenvalue weighted by atomic mass is 16.5. The number of benzene rings is 2. The second-order valence-electron chi connectivity index (χ2n) is 7.44. The molecule has 6 heteroatoms. The SMILES string of the molecule is COc1ccc(OC)c(-c2nn(-c3ccccc3)cc2C(=O)N2CCCCCC2)c1. The third-order valence-electron chi connectivity index (χ3n) is 5.52. The van der Waals surface area contributed by atoms with E-state index in [1.807, 2.05) is 59.6 Å². The summed E-state index contributed by atoms with van der Waals surface area (Å²) >= 11 is 0. The van der Waals surface area contributed by atoms with Crippen LogP contribution >= 0.6 is 0 Å². The molecule has 1 aliphatic heterocycles. The van der Waals surface area contributed by atoms with Gasteiger partial charge in [0.25, 0.3) is 5.91 Å². The molecule has 0 saturated carbocycles. The van der Waals surface area contributed by atoms with Crippen molar-refractivity contribution in [3.05, 3.63) is 60.3 Å². The minimum atomic E-state index is 0.0129. The molecule has 1 saturated heterocycles. The summed E-state index contributed by atoms with van der Waals surface area (Å²) < 4.78 is 12.8. The topological polar surface area (TPSA) is 56.6 Å². The zero-order valence-corrected chi connectivity index (χ0v) is 17.5. The molecule has 0 spiro atoms. The first kappa shape index (κ1) is 20.0. The number of amides is 1. The Balaban J connectivity index is 1.84. The van der Waals surface area contributed by atoms with Crippen molar-refractivity contribution in [2.75, 3.05) is 27.3 Å². The quantitative estimate of drug-likeness (QED) is 0.624. The zero-order valence-electron chi connectivity index (χ0n) is 17.5. The number of aromatic nitrogens is 2. The fourth-order valence-electron chi connectivity index (χ4n) is 3.89. The van der Waals surface area contributed by atoms with Crippen molar-refractivity contribution in [3.63, 3.8) is 0 Å². The van der Waals surface area contributed by atoms with Gasteiger partial charge in [-0.2, -0.15) is 5.10 Å². The van der Waals surface area contributed by atoms with E-state index < -0.39 is 0 Å². The third kappa shape index (κ3) is 4.03. The van der Waals surface area contributed by atoms with E-state index in [-0.39, 0.29) is 5.91 Å². The van der Waals surface area contributed by atoms with E-state index in [4.69, 9.17) is 14.6 Å². The standard InChI is InChI=1S/C24H27N3O3/c1-29-19-12-13-22(30-2)20(16-19)23-21(24(28)26-14-8-3-4-9-15-26)17-27(25-23)18-10-6-5-7-11-18/h5-7,10-13,16-17H,3-4,8-9,14-15H2,1-2H3. The van der Waals surface area contributed by atoms with Crippen LogP contribution in [0.15, 0.2) is 54.7 Å². The normalized spacial score (nSPS) is 14.3. The highest BCUT2D eigenvalue weighted by Gasteiger charge is 2.26. The van der Waals surface area contributed by atoms with Gasteiger partial charge in [0, 0.05) is 24.8 Å². The Morgan fingerprint density at radius 2 is 1.67 bits per heavy atom. The number of methoxy groups -OCH3 is 2. The summed E-state index contributed by atoms with van der Waals surface area (Å²) in [5.74, 6) is 1.35. The van der Waals surface area contributed by atoms with Crippen LogP contribution in [0.25, 0.3) is 16.9 Å². The minimum Gasteiger partial charge on any atom is -0.497 e. The van der Waals surface area contributed by atoms with E-state index in [0.717, 1.165) is 37.2 Å². The number of rotatable bonds is 5. The molecule has 1 aromatic heterocycles. The maximum absolute atomic E-state index is 13.5. The molecule has 0 bridgehead atoms. The number of hydrogen-bond donors (Lipinski definition) is 0. The van der Waals surface area contributed by atoms with Gasteiger partial charge >= 0.3 is 0 Å². The Labute approximate surface area is 177 Å². The van der Waals surface area contributed by atoms with Crippen LogP contribution in [-0.2, 0) is 0 Å². The van der Waals surface area contributed by atoms with Gasteiger partial charge in [-0.05, 0) is 43.2 Å². The molecule has 0 atom stereocenters. The minimum absolute atomic E-state index is 0.0129. The lowest BCUT2D eigenvalue weighted by Gasteiger charge is -2.20. The fraction of sp³-hybridized carbons (Fsp3) is 0.333. The molecule has 6 nitrogen and oxygen atoms in total. The molecule has 30 heavy (non-hydrogen) atoms. The summed E-state index contributed by atoms with van der Waals surface area (Å²) in [6.45, 7) is 1.56. The van der Waals surface area contributed by atoms with Crippen molar-refractivity contribution >= 4 is 5.91 Å². The van der Waals surface area contributed by atoms with Crippen LogP contribution in [0.3, 0.4) is 0 Å². The van der Waals surface area contributed by atoms with Gasteiger partial charge in [0.15, 0.2) is 0 Å². The van der Waals surface area contributed by atoms with E-state index in [2.05, 4.69) is 0 Å². The number of carbonyl (C=O) groups excluding carboxylic acids is 1. The monoisotopic (exact) mass is 405 g/mol. The molecule has 4 rings (SSSR count). The predicted molar refractivity (Wildman–Crippen MR) is 116 cm³/mol. The fourth-order valence-corrected chi connectivity index (χ4v) is 3.89. The molecule has 1 amide bonds. The number of carbonyl (C=O) groups is 1. The lowest BCUT2D eigenvalue weighted by Crippen LogP contribution is -2.32. The van der Waals surface area contributed by atoms with Crippen molar-refractivity contribution in [3.8, 4) is 28.4 Å². The van der Waals surface area contributed by atoms with Crippen LogP contribution < -0.4 is 9.47 Å². The first-order valence-corrected chi connectivity index (χ1v) is 10.4. The lowest BCUT2D eigenvalue weighted by molar-refractivity contribution is 0.0762.